The zero-order valence-corrected chi connectivity index (χ0v) is 19.6. The standard InChI is InChI=1S/C24H21BrF3N3O3/c1-33-21-11-17(10-20(25)23(21)34-15-16-6-3-2-4-7-16)13-30-31-22(32)14-29-19-9-5-8-18(12-19)24(26,27)28/h2-13,29H,14-15H2,1H3,(H,31,32)/b30-13-. The van der Waals surface area contributed by atoms with Crippen molar-refractivity contribution in [1.29, 1.82) is 0 Å². The number of carbonyl (C=O) groups is 1. The Hall–Kier alpha value is -3.53. The molecule has 0 aliphatic carbocycles. The average Bonchev–Trinajstić information content (AvgIpc) is 2.82. The number of alkyl halides is 3. The van der Waals surface area contributed by atoms with Crippen LogP contribution in [0.15, 0.2) is 76.3 Å². The topological polar surface area (TPSA) is 72.0 Å². The monoisotopic (exact) mass is 535 g/mol. The molecule has 3 aromatic carbocycles. The number of methoxy groups -OCH3 is 1. The summed E-state index contributed by atoms with van der Waals surface area (Å²) >= 11 is 3.46. The SMILES string of the molecule is COc1cc(/C=N\NC(=O)CNc2cccc(C(F)(F)F)c2)cc(Br)c1OCc1ccccc1. The number of ether oxygens (including phenoxy) is 2. The number of anilines is 1. The number of nitrogens with one attached hydrogen (secondary N) is 2. The summed E-state index contributed by atoms with van der Waals surface area (Å²) in [4.78, 5) is 12.0. The highest BCUT2D eigenvalue weighted by Gasteiger charge is 2.30. The van der Waals surface area contributed by atoms with Gasteiger partial charge in [-0.15, -0.1) is 0 Å². The molecule has 0 saturated carbocycles. The summed E-state index contributed by atoms with van der Waals surface area (Å²) in [6.45, 7) is 0.107. The van der Waals surface area contributed by atoms with Crippen molar-refractivity contribution in [2.24, 2.45) is 5.10 Å². The van der Waals surface area contributed by atoms with E-state index in [4.69, 9.17) is 9.47 Å². The van der Waals surface area contributed by atoms with Crippen LogP contribution in [0.4, 0.5) is 18.9 Å². The van der Waals surface area contributed by atoms with Gasteiger partial charge in [0.25, 0.3) is 5.91 Å². The van der Waals surface area contributed by atoms with Crippen LogP contribution >= 0.6 is 15.9 Å². The van der Waals surface area contributed by atoms with E-state index in [0.717, 1.165) is 17.7 Å². The van der Waals surface area contributed by atoms with E-state index in [1.54, 1.807) is 12.1 Å². The van der Waals surface area contributed by atoms with Gasteiger partial charge in [-0.1, -0.05) is 36.4 Å². The van der Waals surface area contributed by atoms with E-state index in [2.05, 4.69) is 31.8 Å². The first-order valence-corrected chi connectivity index (χ1v) is 10.8. The fourth-order valence-corrected chi connectivity index (χ4v) is 3.46. The van der Waals surface area contributed by atoms with E-state index in [1.807, 2.05) is 30.3 Å². The number of rotatable bonds is 9. The molecule has 1 amide bonds. The van der Waals surface area contributed by atoms with Gasteiger partial charge in [-0.25, -0.2) is 5.43 Å². The van der Waals surface area contributed by atoms with Gasteiger partial charge in [0.1, 0.15) is 6.61 Å². The third-order valence-corrected chi connectivity index (χ3v) is 5.11. The zero-order chi connectivity index (χ0) is 24.6. The number of carbonyl (C=O) groups excluding carboxylic acids is 1. The van der Waals surface area contributed by atoms with Crippen molar-refractivity contribution < 1.29 is 27.4 Å². The van der Waals surface area contributed by atoms with Crippen molar-refractivity contribution in [3.63, 3.8) is 0 Å². The summed E-state index contributed by atoms with van der Waals surface area (Å²) in [6.07, 6.45) is -3.04. The molecule has 0 bridgehead atoms. The number of hydrazone groups is 1. The molecule has 0 aliphatic rings. The molecule has 2 N–H and O–H groups in total. The molecular formula is C24H21BrF3N3O3. The van der Waals surface area contributed by atoms with Crippen molar-refractivity contribution in [2.45, 2.75) is 12.8 Å². The highest BCUT2D eigenvalue weighted by molar-refractivity contribution is 9.10. The van der Waals surface area contributed by atoms with Gasteiger partial charge in [0.05, 0.1) is 29.9 Å². The van der Waals surface area contributed by atoms with Gasteiger partial charge >= 0.3 is 6.18 Å². The lowest BCUT2D eigenvalue weighted by Gasteiger charge is -2.13. The van der Waals surface area contributed by atoms with Crippen molar-refractivity contribution in [1.82, 2.24) is 5.43 Å². The van der Waals surface area contributed by atoms with Crippen molar-refractivity contribution in [3.05, 3.63) is 87.9 Å². The summed E-state index contributed by atoms with van der Waals surface area (Å²) in [6, 6.07) is 17.7. The molecule has 0 saturated heterocycles. The van der Waals surface area contributed by atoms with Gasteiger partial charge in [-0.2, -0.15) is 18.3 Å². The number of benzene rings is 3. The molecule has 0 heterocycles. The van der Waals surface area contributed by atoms with Gasteiger partial charge in [0.2, 0.25) is 0 Å². The third-order valence-electron chi connectivity index (χ3n) is 4.52. The lowest BCUT2D eigenvalue weighted by Crippen LogP contribution is -2.26. The minimum absolute atomic E-state index is 0.175. The largest absolute Gasteiger partial charge is 0.493 e. The molecule has 3 aromatic rings. The van der Waals surface area contributed by atoms with Gasteiger partial charge in [0, 0.05) is 5.69 Å². The van der Waals surface area contributed by atoms with E-state index < -0.39 is 17.6 Å². The first-order valence-electron chi connectivity index (χ1n) is 10.0. The van der Waals surface area contributed by atoms with E-state index in [-0.39, 0.29) is 12.2 Å². The molecule has 0 unspecified atom stereocenters. The molecule has 0 fully saturated rings. The second kappa shape index (κ2) is 11.6. The van der Waals surface area contributed by atoms with Crippen LogP contribution in [0.3, 0.4) is 0 Å². The van der Waals surface area contributed by atoms with Crippen LogP contribution in [-0.4, -0.2) is 25.8 Å². The number of nitrogens with zero attached hydrogens (tertiary/aromatic N) is 1. The smallest absolute Gasteiger partial charge is 0.416 e. The molecular weight excluding hydrogens is 515 g/mol. The molecule has 0 aromatic heterocycles. The quantitative estimate of drug-likeness (QED) is 0.275. The first kappa shape index (κ1) is 25.1. The van der Waals surface area contributed by atoms with E-state index >= 15 is 0 Å². The first-order chi connectivity index (χ1) is 16.3. The lowest BCUT2D eigenvalue weighted by molar-refractivity contribution is -0.137. The van der Waals surface area contributed by atoms with Crippen LogP contribution in [0.5, 0.6) is 11.5 Å². The highest BCUT2D eigenvalue weighted by Crippen LogP contribution is 2.37. The molecule has 0 atom stereocenters. The second-order valence-corrected chi connectivity index (χ2v) is 7.89. The highest BCUT2D eigenvalue weighted by atomic mass is 79.9. The number of hydrogen-bond acceptors (Lipinski definition) is 5. The fourth-order valence-electron chi connectivity index (χ4n) is 2.89. The van der Waals surface area contributed by atoms with Crippen LogP contribution < -0.4 is 20.2 Å². The Bertz CT molecular complexity index is 1160. The number of halogens is 4. The van der Waals surface area contributed by atoms with Gasteiger partial charge in [0.15, 0.2) is 11.5 Å². The summed E-state index contributed by atoms with van der Waals surface area (Å²) < 4.78 is 50.3. The molecule has 10 heteroatoms. The van der Waals surface area contributed by atoms with Crippen LogP contribution in [0.25, 0.3) is 0 Å². The fraction of sp³-hybridized carbons (Fsp3) is 0.167. The Labute approximate surface area is 202 Å². The Balaban J connectivity index is 1.56. The number of hydrogen-bond donors (Lipinski definition) is 2. The van der Waals surface area contributed by atoms with Crippen molar-refractivity contribution in [2.75, 3.05) is 19.0 Å². The molecule has 178 valence electrons. The summed E-state index contributed by atoms with van der Waals surface area (Å²) in [7, 11) is 1.51. The summed E-state index contributed by atoms with van der Waals surface area (Å²) in [5.41, 5.74) is 3.33. The number of amides is 1. The Kier molecular flexibility index (Phi) is 8.53. The van der Waals surface area contributed by atoms with Gasteiger partial charge in [-0.3, -0.25) is 4.79 Å². The van der Waals surface area contributed by atoms with Crippen LogP contribution in [0.1, 0.15) is 16.7 Å². The lowest BCUT2D eigenvalue weighted by atomic mass is 10.2. The normalized spacial score (nSPS) is 11.3. The maximum Gasteiger partial charge on any atom is 0.416 e. The molecule has 34 heavy (non-hydrogen) atoms. The van der Waals surface area contributed by atoms with E-state index in [0.29, 0.717) is 28.1 Å². The van der Waals surface area contributed by atoms with Crippen LogP contribution in [-0.2, 0) is 17.6 Å². The molecule has 3 rings (SSSR count). The predicted molar refractivity (Wildman–Crippen MR) is 127 cm³/mol. The summed E-state index contributed by atoms with van der Waals surface area (Å²) in [5, 5.41) is 6.53. The maximum absolute atomic E-state index is 12.8. The van der Waals surface area contributed by atoms with Gasteiger partial charge < -0.3 is 14.8 Å². The van der Waals surface area contributed by atoms with Crippen molar-refractivity contribution in [3.8, 4) is 11.5 Å². The second-order valence-electron chi connectivity index (χ2n) is 7.03. The third kappa shape index (κ3) is 7.24. The minimum Gasteiger partial charge on any atom is -0.493 e. The minimum atomic E-state index is -4.46. The zero-order valence-electron chi connectivity index (χ0n) is 18.0. The Morgan fingerprint density at radius 1 is 1.09 bits per heavy atom. The van der Waals surface area contributed by atoms with Gasteiger partial charge in [-0.05, 0) is 57.4 Å². The molecule has 0 aliphatic heterocycles. The predicted octanol–water partition coefficient (Wildman–Crippen LogP) is 5.62. The summed E-state index contributed by atoms with van der Waals surface area (Å²) in [5.74, 6) is 0.477. The van der Waals surface area contributed by atoms with Crippen molar-refractivity contribution >= 4 is 33.7 Å². The molecule has 0 radical (unpaired) electrons. The Morgan fingerprint density at radius 3 is 2.56 bits per heavy atom. The molecule has 6 nitrogen and oxygen atoms in total. The van der Waals surface area contributed by atoms with Crippen LogP contribution in [0.2, 0.25) is 0 Å². The van der Waals surface area contributed by atoms with E-state index in [9.17, 15) is 18.0 Å². The van der Waals surface area contributed by atoms with E-state index in [1.165, 1.54) is 25.5 Å². The maximum atomic E-state index is 12.8. The van der Waals surface area contributed by atoms with Crippen LogP contribution in [0, 0.1) is 0 Å². The average molecular weight is 536 g/mol. The Morgan fingerprint density at radius 2 is 1.85 bits per heavy atom. The molecule has 0 spiro atoms.